The average molecular weight is 363 g/mol. The van der Waals surface area contributed by atoms with Crippen LogP contribution in [0.3, 0.4) is 0 Å². The van der Waals surface area contributed by atoms with Crippen molar-refractivity contribution in [2.24, 2.45) is 0 Å². The van der Waals surface area contributed by atoms with E-state index in [1.807, 2.05) is 11.0 Å². The number of ether oxygens (including phenoxy) is 1. The van der Waals surface area contributed by atoms with Gasteiger partial charge in [-0.1, -0.05) is 24.3 Å². The minimum absolute atomic E-state index is 0.102. The molecular formula is C22H25N3O2. The van der Waals surface area contributed by atoms with Crippen molar-refractivity contribution in [3.05, 3.63) is 59.2 Å². The average Bonchev–Trinajstić information content (AvgIpc) is 3.10. The van der Waals surface area contributed by atoms with E-state index in [9.17, 15) is 4.79 Å². The highest BCUT2D eigenvalue weighted by Crippen LogP contribution is 2.43. The number of piperidine rings is 1. The summed E-state index contributed by atoms with van der Waals surface area (Å²) in [5, 5.41) is 7.10. The molecule has 1 amide bonds. The summed E-state index contributed by atoms with van der Waals surface area (Å²) < 4.78 is 5.40. The van der Waals surface area contributed by atoms with Crippen LogP contribution >= 0.6 is 0 Å². The van der Waals surface area contributed by atoms with Crippen LogP contribution < -0.4 is 15.4 Å². The Kier molecular flexibility index (Phi) is 4.05. The Morgan fingerprint density at radius 1 is 1.19 bits per heavy atom. The predicted molar refractivity (Wildman–Crippen MR) is 105 cm³/mol. The number of nitrogens with one attached hydrogen (secondary N) is 2. The maximum absolute atomic E-state index is 13.4. The van der Waals surface area contributed by atoms with Gasteiger partial charge in [-0.15, -0.1) is 0 Å². The Labute approximate surface area is 159 Å². The Hall–Kier alpha value is -2.53. The van der Waals surface area contributed by atoms with Crippen LogP contribution in [0.4, 0.5) is 5.69 Å². The summed E-state index contributed by atoms with van der Waals surface area (Å²) in [6, 6.07) is 14.5. The van der Waals surface area contributed by atoms with Crippen molar-refractivity contribution in [3.8, 4) is 5.75 Å². The van der Waals surface area contributed by atoms with Crippen molar-refractivity contribution in [3.63, 3.8) is 0 Å². The van der Waals surface area contributed by atoms with E-state index in [2.05, 4.69) is 47.0 Å². The highest BCUT2D eigenvalue weighted by Gasteiger charge is 2.44. The first-order valence-electron chi connectivity index (χ1n) is 9.78. The van der Waals surface area contributed by atoms with Crippen LogP contribution in [0.1, 0.15) is 29.0 Å². The van der Waals surface area contributed by atoms with E-state index in [-0.39, 0.29) is 18.0 Å². The van der Waals surface area contributed by atoms with Crippen LogP contribution in [0.25, 0.3) is 0 Å². The van der Waals surface area contributed by atoms with E-state index in [0.29, 0.717) is 12.5 Å². The third-order valence-electron chi connectivity index (χ3n) is 6.30. The second-order valence-corrected chi connectivity index (χ2v) is 7.73. The SMILES string of the molecule is COc1ccc2c(c1)C1CCNC(C(=O)N3CCc4ccccc4C3)C1N2. The van der Waals surface area contributed by atoms with Gasteiger partial charge in [-0.3, -0.25) is 4.79 Å². The van der Waals surface area contributed by atoms with Gasteiger partial charge in [0, 0.05) is 24.7 Å². The molecule has 3 unspecified atom stereocenters. The number of hydrogen-bond donors (Lipinski definition) is 2. The Balaban J connectivity index is 1.38. The van der Waals surface area contributed by atoms with Gasteiger partial charge < -0.3 is 20.3 Å². The van der Waals surface area contributed by atoms with Gasteiger partial charge in [0.2, 0.25) is 5.91 Å². The maximum Gasteiger partial charge on any atom is 0.242 e. The molecule has 0 bridgehead atoms. The third-order valence-corrected chi connectivity index (χ3v) is 6.30. The van der Waals surface area contributed by atoms with Gasteiger partial charge in [0.15, 0.2) is 0 Å². The van der Waals surface area contributed by atoms with Crippen LogP contribution in [-0.2, 0) is 17.8 Å². The quantitative estimate of drug-likeness (QED) is 0.861. The van der Waals surface area contributed by atoms with Crippen molar-refractivity contribution in [1.29, 1.82) is 0 Å². The molecule has 1 saturated heterocycles. The molecule has 1 fully saturated rings. The number of nitrogens with zero attached hydrogens (tertiary/aromatic N) is 1. The van der Waals surface area contributed by atoms with Crippen molar-refractivity contribution in [2.75, 3.05) is 25.5 Å². The van der Waals surface area contributed by atoms with Gasteiger partial charge in [0.25, 0.3) is 0 Å². The first-order valence-corrected chi connectivity index (χ1v) is 9.78. The predicted octanol–water partition coefficient (Wildman–Crippen LogP) is 2.52. The molecule has 2 aromatic carbocycles. The molecule has 0 spiro atoms. The summed E-state index contributed by atoms with van der Waals surface area (Å²) in [5.41, 5.74) is 5.06. The zero-order valence-electron chi connectivity index (χ0n) is 15.6. The molecule has 3 aliphatic heterocycles. The number of amides is 1. The number of carbonyl (C=O) groups excluding carboxylic acids is 1. The molecule has 5 rings (SSSR count). The van der Waals surface area contributed by atoms with Crippen molar-refractivity contribution < 1.29 is 9.53 Å². The molecule has 27 heavy (non-hydrogen) atoms. The second kappa shape index (κ2) is 6.57. The van der Waals surface area contributed by atoms with Gasteiger partial charge >= 0.3 is 0 Å². The molecule has 0 aromatic heterocycles. The summed E-state index contributed by atoms with van der Waals surface area (Å²) in [5.74, 6) is 1.44. The number of rotatable bonds is 2. The van der Waals surface area contributed by atoms with Crippen LogP contribution in [0.2, 0.25) is 0 Å². The molecule has 5 heteroatoms. The van der Waals surface area contributed by atoms with Crippen molar-refractivity contribution in [1.82, 2.24) is 10.2 Å². The summed E-state index contributed by atoms with van der Waals surface area (Å²) in [6.45, 7) is 2.37. The fourth-order valence-electron chi connectivity index (χ4n) is 4.87. The molecule has 0 aliphatic carbocycles. The van der Waals surface area contributed by atoms with Crippen molar-refractivity contribution >= 4 is 11.6 Å². The summed E-state index contributed by atoms with van der Waals surface area (Å²) >= 11 is 0. The highest BCUT2D eigenvalue weighted by molar-refractivity contribution is 5.85. The number of methoxy groups -OCH3 is 1. The zero-order chi connectivity index (χ0) is 18.4. The fraction of sp³-hybridized carbons (Fsp3) is 0.409. The minimum atomic E-state index is -0.188. The highest BCUT2D eigenvalue weighted by atomic mass is 16.5. The molecule has 2 N–H and O–H groups in total. The molecule has 0 saturated carbocycles. The number of fused-ring (bicyclic) bond motifs is 4. The third kappa shape index (κ3) is 2.77. The summed E-state index contributed by atoms with van der Waals surface area (Å²) in [4.78, 5) is 15.4. The Morgan fingerprint density at radius 2 is 2.04 bits per heavy atom. The van der Waals surface area contributed by atoms with Gasteiger partial charge in [-0.05, 0) is 54.3 Å². The zero-order valence-corrected chi connectivity index (χ0v) is 15.6. The second-order valence-electron chi connectivity index (χ2n) is 7.73. The molecule has 3 aliphatic rings. The van der Waals surface area contributed by atoms with E-state index in [4.69, 9.17) is 4.74 Å². The number of anilines is 1. The minimum Gasteiger partial charge on any atom is -0.497 e. The number of benzene rings is 2. The fourth-order valence-corrected chi connectivity index (χ4v) is 4.87. The first kappa shape index (κ1) is 16.6. The summed E-state index contributed by atoms with van der Waals surface area (Å²) in [6.07, 6.45) is 1.97. The largest absolute Gasteiger partial charge is 0.497 e. The topological polar surface area (TPSA) is 53.6 Å². The molecule has 3 atom stereocenters. The lowest BCUT2D eigenvalue weighted by atomic mass is 9.84. The van der Waals surface area contributed by atoms with E-state index >= 15 is 0 Å². The van der Waals surface area contributed by atoms with Gasteiger partial charge in [0.05, 0.1) is 13.2 Å². The smallest absolute Gasteiger partial charge is 0.242 e. The van der Waals surface area contributed by atoms with E-state index in [0.717, 1.165) is 37.4 Å². The lowest BCUT2D eigenvalue weighted by Gasteiger charge is -2.38. The molecule has 140 valence electrons. The monoisotopic (exact) mass is 363 g/mol. The van der Waals surface area contributed by atoms with Gasteiger partial charge in [-0.25, -0.2) is 0 Å². The van der Waals surface area contributed by atoms with E-state index in [1.54, 1.807) is 7.11 Å². The van der Waals surface area contributed by atoms with Crippen LogP contribution in [0.5, 0.6) is 5.75 Å². The molecular weight excluding hydrogens is 338 g/mol. The normalized spacial score (nSPS) is 25.8. The van der Waals surface area contributed by atoms with Crippen LogP contribution in [0.15, 0.2) is 42.5 Å². The maximum atomic E-state index is 13.4. The van der Waals surface area contributed by atoms with Gasteiger partial charge in [-0.2, -0.15) is 0 Å². The molecule has 2 aromatic rings. The molecule has 3 heterocycles. The van der Waals surface area contributed by atoms with Crippen molar-refractivity contribution in [2.45, 2.75) is 37.4 Å². The first-order chi connectivity index (χ1) is 13.2. The van der Waals surface area contributed by atoms with Gasteiger partial charge in [0.1, 0.15) is 11.8 Å². The lowest BCUT2D eigenvalue weighted by molar-refractivity contribution is -0.135. The van der Waals surface area contributed by atoms with Crippen LogP contribution in [0, 0.1) is 0 Å². The molecule has 0 radical (unpaired) electrons. The number of hydrogen-bond acceptors (Lipinski definition) is 4. The van der Waals surface area contributed by atoms with E-state index in [1.165, 1.54) is 16.7 Å². The summed E-state index contributed by atoms with van der Waals surface area (Å²) in [7, 11) is 1.70. The lowest BCUT2D eigenvalue weighted by Crippen LogP contribution is -2.59. The Bertz CT molecular complexity index is 882. The number of carbonyl (C=O) groups is 1. The van der Waals surface area contributed by atoms with Crippen LogP contribution in [-0.4, -0.2) is 43.1 Å². The Morgan fingerprint density at radius 3 is 2.89 bits per heavy atom. The standard InChI is InChI=1S/C22H25N3O2/c1-27-16-6-7-19-18(12-16)17-8-10-23-21(20(17)24-19)22(26)25-11-9-14-4-2-3-5-15(14)13-25/h2-7,12,17,20-21,23-24H,8-11,13H2,1H3. The molecule has 5 nitrogen and oxygen atoms in total. The van der Waals surface area contributed by atoms with E-state index < -0.39 is 0 Å².